The van der Waals surface area contributed by atoms with Gasteiger partial charge < -0.3 is 5.32 Å². The van der Waals surface area contributed by atoms with Gasteiger partial charge in [-0.1, -0.05) is 12.1 Å². The summed E-state index contributed by atoms with van der Waals surface area (Å²) in [7, 11) is -3.74. The Hall–Kier alpha value is -2.08. The highest BCUT2D eigenvalue weighted by Gasteiger charge is 2.36. The van der Waals surface area contributed by atoms with Crippen molar-refractivity contribution in [2.75, 3.05) is 16.2 Å². The number of para-hydroxylation sites is 2. The first-order chi connectivity index (χ1) is 10.3. The molecule has 1 heterocycles. The minimum Gasteiger partial charge on any atom is -0.377 e. The van der Waals surface area contributed by atoms with Gasteiger partial charge in [-0.15, -0.1) is 0 Å². The maximum absolute atomic E-state index is 13.1. The highest BCUT2D eigenvalue weighted by molar-refractivity contribution is 7.92. The first-order valence-electron chi connectivity index (χ1n) is 6.95. The predicted octanol–water partition coefficient (Wildman–Crippen LogP) is 3.23. The molecule has 0 unspecified atom stereocenters. The van der Waals surface area contributed by atoms with Crippen LogP contribution in [0.25, 0.3) is 0 Å². The Labute approximate surface area is 129 Å². The van der Waals surface area contributed by atoms with Crippen LogP contribution in [0, 0.1) is 5.82 Å². The normalized spacial score (nSPS) is 16.8. The van der Waals surface area contributed by atoms with Crippen molar-refractivity contribution >= 4 is 21.4 Å². The van der Waals surface area contributed by atoms with Crippen LogP contribution in [0.2, 0.25) is 0 Å². The fourth-order valence-electron chi connectivity index (χ4n) is 2.59. The largest absolute Gasteiger partial charge is 0.377 e. The second kappa shape index (κ2) is 4.98. The first-order valence-corrected chi connectivity index (χ1v) is 8.39. The Balaban J connectivity index is 2.12. The number of sulfonamides is 1. The molecule has 6 heteroatoms. The number of nitrogens with zero attached hydrogens (tertiary/aromatic N) is 1. The predicted molar refractivity (Wildman–Crippen MR) is 85.1 cm³/mol. The number of rotatable bonds is 2. The van der Waals surface area contributed by atoms with Crippen LogP contribution in [0.15, 0.2) is 53.4 Å². The van der Waals surface area contributed by atoms with E-state index in [0.717, 1.165) is 17.8 Å². The Morgan fingerprint density at radius 2 is 1.73 bits per heavy atom. The van der Waals surface area contributed by atoms with E-state index < -0.39 is 21.4 Å². The second-order valence-electron chi connectivity index (χ2n) is 5.99. The Kier molecular flexibility index (Phi) is 3.36. The third kappa shape index (κ3) is 2.54. The molecule has 22 heavy (non-hydrogen) atoms. The molecule has 0 bridgehead atoms. The minimum atomic E-state index is -3.74. The van der Waals surface area contributed by atoms with E-state index in [0.29, 0.717) is 12.2 Å². The van der Waals surface area contributed by atoms with Gasteiger partial charge in [0.05, 0.1) is 28.4 Å². The molecule has 0 spiro atoms. The maximum Gasteiger partial charge on any atom is 0.264 e. The van der Waals surface area contributed by atoms with Crippen LogP contribution in [0.1, 0.15) is 13.8 Å². The van der Waals surface area contributed by atoms with E-state index in [1.54, 1.807) is 12.1 Å². The van der Waals surface area contributed by atoms with Crippen molar-refractivity contribution in [2.24, 2.45) is 0 Å². The smallest absolute Gasteiger partial charge is 0.264 e. The fourth-order valence-corrected chi connectivity index (χ4v) is 4.24. The summed E-state index contributed by atoms with van der Waals surface area (Å²) in [6.45, 7) is 4.18. The molecular formula is C16H17FN2O2S. The molecular weight excluding hydrogens is 303 g/mol. The Morgan fingerprint density at radius 3 is 2.41 bits per heavy atom. The zero-order valence-electron chi connectivity index (χ0n) is 12.4. The molecule has 0 radical (unpaired) electrons. The lowest BCUT2D eigenvalue weighted by Gasteiger charge is -2.41. The summed E-state index contributed by atoms with van der Waals surface area (Å²) in [5, 5.41) is 3.33. The molecule has 0 atom stereocenters. The lowest BCUT2D eigenvalue weighted by molar-refractivity contribution is 0.543. The lowest BCUT2D eigenvalue weighted by atomic mass is 10.0. The molecule has 2 aromatic carbocycles. The van der Waals surface area contributed by atoms with Crippen LogP contribution < -0.4 is 9.62 Å². The van der Waals surface area contributed by atoms with Crippen LogP contribution >= 0.6 is 0 Å². The highest BCUT2D eigenvalue weighted by atomic mass is 32.2. The van der Waals surface area contributed by atoms with Crippen molar-refractivity contribution in [1.82, 2.24) is 0 Å². The molecule has 3 rings (SSSR count). The summed E-state index contributed by atoms with van der Waals surface area (Å²) < 4.78 is 40.3. The number of hydrogen-bond donors (Lipinski definition) is 1. The first kappa shape index (κ1) is 14.8. The van der Waals surface area contributed by atoms with Crippen LogP contribution in [0.3, 0.4) is 0 Å². The molecule has 0 saturated heterocycles. The number of halogens is 1. The molecule has 0 saturated carbocycles. The average Bonchev–Trinajstić information content (AvgIpc) is 2.46. The average molecular weight is 320 g/mol. The zero-order valence-corrected chi connectivity index (χ0v) is 13.2. The third-order valence-electron chi connectivity index (χ3n) is 3.59. The molecule has 0 fully saturated rings. The van der Waals surface area contributed by atoms with Crippen molar-refractivity contribution < 1.29 is 12.8 Å². The third-order valence-corrected chi connectivity index (χ3v) is 5.36. The number of fused-ring (bicyclic) bond motifs is 1. The molecule has 0 aromatic heterocycles. The van der Waals surface area contributed by atoms with Crippen molar-refractivity contribution in [3.8, 4) is 0 Å². The fraction of sp³-hybridized carbons (Fsp3) is 0.250. The summed E-state index contributed by atoms with van der Waals surface area (Å²) >= 11 is 0. The number of benzene rings is 2. The van der Waals surface area contributed by atoms with Crippen LogP contribution in [0.5, 0.6) is 0 Å². The number of nitrogens with one attached hydrogen (secondary N) is 1. The summed E-state index contributed by atoms with van der Waals surface area (Å²) in [6.07, 6.45) is 0. The van der Waals surface area contributed by atoms with Crippen molar-refractivity contribution in [1.29, 1.82) is 0 Å². The van der Waals surface area contributed by atoms with Crippen molar-refractivity contribution in [3.05, 3.63) is 54.3 Å². The van der Waals surface area contributed by atoms with E-state index in [-0.39, 0.29) is 4.90 Å². The van der Waals surface area contributed by atoms with E-state index in [9.17, 15) is 12.8 Å². The lowest BCUT2D eigenvalue weighted by Crippen LogP contribution is -2.50. The molecule has 1 aliphatic heterocycles. The molecule has 1 aliphatic rings. The monoisotopic (exact) mass is 320 g/mol. The minimum absolute atomic E-state index is 0.0846. The number of anilines is 2. The molecule has 0 aliphatic carbocycles. The highest BCUT2D eigenvalue weighted by Crippen LogP contribution is 2.37. The van der Waals surface area contributed by atoms with Gasteiger partial charge in [0.25, 0.3) is 10.0 Å². The Bertz CT molecular complexity index is 801. The van der Waals surface area contributed by atoms with Gasteiger partial charge in [0, 0.05) is 0 Å². The summed E-state index contributed by atoms with van der Waals surface area (Å²) in [4.78, 5) is 0.0846. The van der Waals surface area contributed by atoms with Crippen LogP contribution in [0.4, 0.5) is 15.8 Å². The van der Waals surface area contributed by atoms with Gasteiger partial charge in [0.15, 0.2) is 0 Å². The summed E-state index contributed by atoms with van der Waals surface area (Å²) in [5.74, 6) is -0.458. The quantitative estimate of drug-likeness (QED) is 0.924. The molecule has 0 amide bonds. The van der Waals surface area contributed by atoms with Gasteiger partial charge in [-0.05, 0) is 50.2 Å². The topological polar surface area (TPSA) is 49.4 Å². The number of hydrogen-bond acceptors (Lipinski definition) is 3. The van der Waals surface area contributed by atoms with E-state index in [1.165, 1.54) is 16.4 Å². The molecule has 2 aromatic rings. The molecule has 1 N–H and O–H groups in total. The standard InChI is InChI=1S/C16H17FN2O2S/c1-16(2)11-19(15-6-4-3-5-14(15)18-16)22(20,21)13-9-7-12(17)8-10-13/h3-10,18H,11H2,1-2H3. The van der Waals surface area contributed by atoms with E-state index in [2.05, 4.69) is 5.32 Å². The van der Waals surface area contributed by atoms with Gasteiger partial charge in [0.2, 0.25) is 0 Å². The van der Waals surface area contributed by atoms with Gasteiger partial charge in [-0.25, -0.2) is 12.8 Å². The maximum atomic E-state index is 13.1. The van der Waals surface area contributed by atoms with E-state index in [4.69, 9.17) is 0 Å². The SMILES string of the molecule is CC1(C)CN(S(=O)(=O)c2ccc(F)cc2)c2ccccc2N1. The molecule has 116 valence electrons. The van der Waals surface area contributed by atoms with Gasteiger partial charge in [-0.2, -0.15) is 0 Å². The summed E-state index contributed by atoms with van der Waals surface area (Å²) in [5.41, 5.74) is 0.970. The van der Waals surface area contributed by atoms with Crippen molar-refractivity contribution in [2.45, 2.75) is 24.3 Å². The van der Waals surface area contributed by atoms with Gasteiger partial charge in [-0.3, -0.25) is 4.31 Å². The van der Waals surface area contributed by atoms with Gasteiger partial charge in [0.1, 0.15) is 5.82 Å². The van der Waals surface area contributed by atoms with E-state index >= 15 is 0 Å². The Morgan fingerprint density at radius 1 is 1.09 bits per heavy atom. The van der Waals surface area contributed by atoms with Crippen molar-refractivity contribution in [3.63, 3.8) is 0 Å². The zero-order chi connectivity index (χ0) is 16.0. The van der Waals surface area contributed by atoms with E-state index in [1.807, 2.05) is 26.0 Å². The summed E-state index contributed by atoms with van der Waals surface area (Å²) in [6, 6.07) is 12.2. The van der Waals surface area contributed by atoms with Crippen LogP contribution in [-0.4, -0.2) is 20.5 Å². The molecule has 4 nitrogen and oxygen atoms in total. The van der Waals surface area contributed by atoms with Crippen LogP contribution in [-0.2, 0) is 10.0 Å². The second-order valence-corrected chi connectivity index (χ2v) is 7.85. The van der Waals surface area contributed by atoms with Gasteiger partial charge >= 0.3 is 0 Å².